The van der Waals surface area contributed by atoms with E-state index in [-0.39, 0.29) is 11.5 Å². The monoisotopic (exact) mass is 335 g/mol. The van der Waals surface area contributed by atoms with Crippen LogP contribution in [0.2, 0.25) is 0 Å². The molecule has 0 aliphatic carbocycles. The van der Waals surface area contributed by atoms with E-state index in [0.29, 0.717) is 6.54 Å². The lowest BCUT2D eigenvalue weighted by Crippen LogP contribution is -2.23. The summed E-state index contributed by atoms with van der Waals surface area (Å²) in [6, 6.07) is 12.0. The summed E-state index contributed by atoms with van der Waals surface area (Å²) in [6.07, 6.45) is 2.72. The van der Waals surface area contributed by atoms with E-state index in [1.54, 1.807) is 6.08 Å². The number of amides is 1. The topological polar surface area (TPSA) is 57.8 Å². The molecule has 0 unspecified atom stereocenters. The highest BCUT2D eigenvalue weighted by Gasteiger charge is 2.12. The summed E-state index contributed by atoms with van der Waals surface area (Å²) in [5.41, 5.74) is 5.46. The van der Waals surface area contributed by atoms with Gasteiger partial charge in [-0.1, -0.05) is 36.8 Å². The zero-order valence-electron chi connectivity index (χ0n) is 15.4. The molecule has 0 aliphatic heterocycles. The Morgan fingerprint density at radius 3 is 2.52 bits per heavy atom. The van der Waals surface area contributed by atoms with E-state index in [0.717, 1.165) is 35.5 Å². The van der Waals surface area contributed by atoms with Gasteiger partial charge < -0.3 is 9.88 Å². The number of hydrogen-bond acceptors (Lipinski definition) is 2. The van der Waals surface area contributed by atoms with Gasteiger partial charge in [-0.2, -0.15) is 5.26 Å². The van der Waals surface area contributed by atoms with Gasteiger partial charge in [0, 0.05) is 24.5 Å². The van der Waals surface area contributed by atoms with Crippen molar-refractivity contribution < 1.29 is 4.79 Å². The fourth-order valence-corrected chi connectivity index (χ4v) is 2.83. The Morgan fingerprint density at radius 2 is 1.92 bits per heavy atom. The molecule has 4 heteroatoms. The summed E-state index contributed by atoms with van der Waals surface area (Å²) in [4.78, 5) is 12.3. The fraction of sp³-hybridized carbons (Fsp3) is 0.333. The molecule has 1 aromatic carbocycles. The van der Waals surface area contributed by atoms with Crippen molar-refractivity contribution in [1.82, 2.24) is 9.88 Å². The second-order valence-corrected chi connectivity index (χ2v) is 6.32. The minimum atomic E-state index is -0.344. The molecule has 25 heavy (non-hydrogen) atoms. The van der Waals surface area contributed by atoms with E-state index in [1.807, 2.05) is 57.2 Å². The van der Waals surface area contributed by atoms with Crippen LogP contribution in [0.15, 0.2) is 35.9 Å². The average molecular weight is 335 g/mol. The van der Waals surface area contributed by atoms with Crippen molar-refractivity contribution >= 4 is 12.0 Å². The van der Waals surface area contributed by atoms with E-state index in [9.17, 15) is 10.1 Å². The minimum Gasteiger partial charge on any atom is -0.349 e. The molecule has 0 fully saturated rings. The highest BCUT2D eigenvalue weighted by molar-refractivity contribution is 6.01. The van der Waals surface area contributed by atoms with Crippen LogP contribution in [-0.4, -0.2) is 10.5 Å². The molecule has 2 rings (SSSR count). The molecule has 1 N–H and O–H groups in total. The van der Waals surface area contributed by atoms with Gasteiger partial charge in [0.1, 0.15) is 11.6 Å². The molecule has 0 spiro atoms. The molecule has 0 atom stereocenters. The summed E-state index contributed by atoms with van der Waals surface area (Å²) in [5.74, 6) is -0.344. The summed E-state index contributed by atoms with van der Waals surface area (Å²) in [5, 5.41) is 12.2. The van der Waals surface area contributed by atoms with Crippen LogP contribution in [-0.2, 0) is 17.9 Å². The van der Waals surface area contributed by atoms with Crippen LogP contribution in [0.1, 0.15) is 41.4 Å². The predicted molar refractivity (Wildman–Crippen MR) is 101 cm³/mol. The number of nitrogens with one attached hydrogen (secondary N) is 1. The van der Waals surface area contributed by atoms with Crippen molar-refractivity contribution in [2.24, 2.45) is 0 Å². The van der Waals surface area contributed by atoms with Crippen LogP contribution in [0.25, 0.3) is 6.08 Å². The second-order valence-electron chi connectivity index (χ2n) is 6.32. The number of carbonyl (C=O) groups excluding carboxylic acids is 1. The van der Waals surface area contributed by atoms with Crippen LogP contribution in [0.4, 0.5) is 0 Å². The zero-order chi connectivity index (χ0) is 18.4. The van der Waals surface area contributed by atoms with E-state index in [2.05, 4.69) is 16.8 Å². The number of rotatable bonds is 6. The fourth-order valence-electron chi connectivity index (χ4n) is 2.83. The Morgan fingerprint density at radius 1 is 1.24 bits per heavy atom. The first kappa shape index (κ1) is 18.5. The smallest absolute Gasteiger partial charge is 0.262 e. The lowest BCUT2D eigenvalue weighted by Gasteiger charge is -2.07. The van der Waals surface area contributed by atoms with Gasteiger partial charge in [-0.3, -0.25) is 4.79 Å². The van der Waals surface area contributed by atoms with Gasteiger partial charge in [-0.05, 0) is 50.5 Å². The molecule has 2 aromatic rings. The Labute approximate surface area is 149 Å². The third-order valence-corrected chi connectivity index (χ3v) is 4.30. The Balaban J connectivity index is 2.14. The number of carbonyl (C=O) groups is 1. The lowest BCUT2D eigenvalue weighted by molar-refractivity contribution is -0.117. The highest BCUT2D eigenvalue weighted by Crippen LogP contribution is 2.18. The van der Waals surface area contributed by atoms with Gasteiger partial charge in [0.2, 0.25) is 0 Å². The molecule has 0 bridgehead atoms. The van der Waals surface area contributed by atoms with Gasteiger partial charge in [0.05, 0.1) is 0 Å². The van der Waals surface area contributed by atoms with Crippen LogP contribution >= 0.6 is 0 Å². The van der Waals surface area contributed by atoms with E-state index in [1.165, 1.54) is 5.56 Å². The number of nitriles is 1. The number of hydrogen-bond donors (Lipinski definition) is 1. The third-order valence-electron chi connectivity index (χ3n) is 4.30. The van der Waals surface area contributed by atoms with E-state index < -0.39 is 0 Å². The molecule has 1 aromatic heterocycles. The van der Waals surface area contributed by atoms with Gasteiger partial charge >= 0.3 is 0 Å². The molecular weight excluding hydrogens is 310 g/mol. The summed E-state index contributed by atoms with van der Waals surface area (Å²) in [7, 11) is 0. The SMILES string of the molecule is CCCn1c(C)cc(/C=C(\C#N)C(=O)NCc2ccc(C)cc2)c1C. The van der Waals surface area contributed by atoms with Crippen molar-refractivity contribution in [1.29, 1.82) is 5.26 Å². The summed E-state index contributed by atoms with van der Waals surface area (Å²) >= 11 is 0. The lowest BCUT2D eigenvalue weighted by atomic mass is 10.1. The summed E-state index contributed by atoms with van der Waals surface area (Å²) < 4.78 is 2.21. The van der Waals surface area contributed by atoms with Crippen molar-refractivity contribution in [3.8, 4) is 6.07 Å². The molecular formula is C21H25N3O. The summed E-state index contributed by atoms with van der Waals surface area (Å²) in [6.45, 7) is 9.57. The molecule has 4 nitrogen and oxygen atoms in total. The number of benzene rings is 1. The van der Waals surface area contributed by atoms with Crippen LogP contribution in [0, 0.1) is 32.1 Å². The molecule has 1 heterocycles. The van der Waals surface area contributed by atoms with Crippen molar-refractivity contribution in [3.05, 3.63) is 64.0 Å². The van der Waals surface area contributed by atoms with Crippen molar-refractivity contribution in [2.45, 2.75) is 47.2 Å². The predicted octanol–water partition coefficient (Wildman–Crippen LogP) is 4.05. The number of aromatic nitrogens is 1. The highest BCUT2D eigenvalue weighted by atomic mass is 16.1. The van der Waals surface area contributed by atoms with Crippen molar-refractivity contribution in [2.75, 3.05) is 0 Å². The van der Waals surface area contributed by atoms with Gasteiger partial charge in [0.25, 0.3) is 5.91 Å². The van der Waals surface area contributed by atoms with Crippen LogP contribution in [0.5, 0.6) is 0 Å². The first-order valence-electron chi connectivity index (χ1n) is 8.58. The standard InChI is InChI=1S/C21H25N3O/c1-5-10-24-16(3)11-19(17(24)4)12-20(13-22)21(25)23-14-18-8-6-15(2)7-9-18/h6-9,11-12H,5,10,14H2,1-4H3,(H,23,25)/b20-12+. The van der Waals surface area contributed by atoms with Gasteiger partial charge in [0.15, 0.2) is 0 Å². The van der Waals surface area contributed by atoms with Gasteiger partial charge in [-0.25, -0.2) is 0 Å². The molecule has 1 amide bonds. The molecule has 0 aliphatic rings. The average Bonchev–Trinajstić information content (AvgIpc) is 2.86. The normalized spacial score (nSPS) is 11.2. The third kappa shape index (κ3) is 4.60. The van der Waals surface area contributed by atoms with Gasteiger partial charge in [-0.15, -0.1) is 0 Å². The van der Waals surface area contributed by atoms with Crippen molar-refractivity contribution in [3.63, 3.8) is 0 Å². The number of nitrogens with zero attached hydrogens (tertiary/aromatic N) is 2. The van der Waals surface area contributed by atoms with Crippen LogP contribution < -0.4 is 5.32 Å². The largest absolute Gasteiger partial charge is 0.349 e. The first-order valence-corrected chi connectivity index (χ1v) is 8.58. The maximum Gasteiger partial charge on any atom is 0.262 e. The molecule has 0 radical (unpaired) electrons. The second kappa shape index (κ2) is 8.34. The quantitative estimate of drug-likeness (QED) is 0.639. The minimum absolute atomic E-state index is 0.129. The molecule has 0 saturated heterocycles. The van der Waals surface area contributed by atoms with E-state index in [4.69, 9.17) is 0 Å². The van der Waals surface area contributed by atoms with E-state index >= 15 is 0 Å². The Hall–Kier alpha value is -2.80. The molecule has 0 saturated carbocycles. The zero-order valence-corrected chi connectivity index (χ0v) is 15.4. The Kier molecular flexibility index (Phi) is 6.19. The maximum atomic E-state index is 12.3. The van der Waals surface area contributed by atoms with Crippen LogP contribution in [0.3, 0.4) is 0 Å². The first-order chi connectivity index (χ1) is 12.0. The number of aryl methyl sites for hydroxylation is 2. The Bertz CT molecular complexity index is 820. The molecule has 130 valence electrons. The maximum absolute atomic E-state index is 12.3.